The van der Waals surface area contributed by atoms with Crippen molar-refractivity contribution in [3.05, 3.63) is 125 Å². The molecule has 85 heavy (non-hydrogen) atoms. The predicted molar refractivity (Wildman–Crippen MR) is 317 cm³/mol. The van der Waals surface area contributed by atoms with Gasteiger partial charge in [0, 0.05) is 47.0 Å². The summed E-state index contributed by atoms with van der Waals surface area (Å²) in [5.74, 6) is 0.604. The molecule has 2 amide bonds. The lowest BCUT2D eigenvalue weighted by molar-refractivity contribution is -0.0909. The highest BCUT2D eigenvalue weighted by Crippen LogP contribution is 2.34. The Bertz CT molecular complexity index is 2890. The van der Waals surface area contributed by atoms with Gasteiger partial charge in [0.25, 0.3) is 0 Å². The van der Waals surface area contributed by atoms with Gasteiger partial charge in [-0.3, -0.25) is 0 Å². The van der Waals surface area contributed by atoms with E-state index >= 15 is 0 Å². The van der Waals surface area contributed by atoms with E-state index in [4.69, 9.17) is 42.6 Å². The van der Waals surface area contributed by atoms with Crippen LogP contribution in [0.1, 0.15) is 69.2 Å². The van der Waals surface area contributed by atoms with Crippen molar-refractivity contribution in [2.45, 2.75) is 132 Å². The number of aliphatic hydroxyl groups is 2. The van der Waals surface area contributed by atoms with Gasteiger partial charge in [0.2, 0.25) is 20.0 Å². The number of amides is 2. The molecule has 0 aliphatic carbocycles. The number of aryl methyl sites for hydroxylation is 2. The van der Waals surface area contributed by atoms with Gasteiger partial charge in [-0.1, -0.05) is 100.0 Å². The largest absolute Gasteiger partial charge is 0.491 e. The van der Waals surface area contributed by atoms with Crippen LogP contribution >= 0.6 is 0 Å². The highest BCUT2D eigenvalue weighted by Gasteiger charge is 2.46. The fraction of sp³-hybridized carbons (Fsp3) is 0.581. The van der Waals surface area contributed by atoms with E-state index in [-0.39, 0.29) is 91.9 Å². The summed E-state index contributed by atoms with van der Waals surface area (Å²) in [6.07, 6.45) is -1.86. The molecule has 8 rings (SSSR count). The predicted octanol–water partition coefficient (Wildman–Crippen LogP) is 6.50. The third kappa shape index (κ3) is 19.9. The third-order valence-electron chi connectivity index (χ3n) is 15.2. The van der Waals surface area contributed by atoms with Gasteiger partial charge >= 0.3 is 12.2 Å². The van der Waals surface area contributed by atoms with Crippen molar-refractivity contribution in [1.29, 1.82) is 0 Å². The molecule has 4 aliphatic rings. The molecule has 4 aromatic carbocycles. The van der Waals surface area contributed by atoms with Crippen LogP contribution in [0.5, 0.6) is 5.75 Å². The summed E-state index contributed by atoms with van der Waals surface area (Å²) >= 11 is 0. The van der Waals surface area contributed by atoms with Crippen LogP contribution in [0, 0.1) is 30.6 Å². The maximum atomic E-state index is 13.8. The number of sulfonamides is 2. The topological polar surface area (TPSA) is 256 Å². The zero-order chi connectivity index (χ0) is 61.1. The van der Waals surface area contributed by atoms with Crippen LogP contribution in [0.15, 0.2) is 113 Å². The van der Waals surface area contributed by atoms with Crippen molar-refractivity contribution in [1.82, 2.24) is 19.2 Å². The van der Waals surface area contributed by atoms with Crippen LogP contribution in [0.3, 0.4) is 0 Å². The van der Waals surface area contributed by atoms with Crippen LogP contribution in [0.2, 0.25) is 0 Å². The second kappa shape index (κ2) is 32.6. The van der Waals surface area contributed by atoms with Crippen molar-refractivity contribution in [3.63, 3.8) is 0 Å². The molecule has 4 heterocycles. The van der Waals surface area contributed by atoms with Crippen molar-refractivity contribution < 1.29 is 79.3 Å². The smallest absolute Gasteiger partial charge is 0.407 e. The van der Waals surface area contributed by atoms with Crippen molar-refractivity contribution >= 4 is 32.2 Å². The molecule has 0 spiro atoms. The van der Waals surface area contributed by atoms with Gasteiger partial charge in [-0.25, -0.2) is 26.4 Å². The highest BCUT2D eigenvalue weighted by atomic mass is 32.2. The molecule has 23 heteroatoms. The summed E-state index contributed by atoms with van der Waals surface area (Å²) in [5, 5.41) is 28.6. The Kier molecular flexibility index (Phi) is 25.8. The Morgan fingerprint density at radius 1 is 0.576 bits per heavy atom. The number of hydrogen-bond acceptors (Lipinski definition) is 17. The molecule has 4 fully saturated rings. The van der Waals surface area contributed by atoms with Crippen LogP contribution in [-0.2, 0) is 77.2 Å². The fourth-order valence-corrected chi connectivity index (χ4v) is 13.9. The van der Waals surface area contributed by atoms with E-state index in [1.54, 1.807) is 62.8 Å². The molecule has 4 N–H and O–H groups in total. The van der Waals surface area contributed by atoms with Gasteiger partial charge < -0.3 is 63.5 Å². The van der Waals surface area contributed by atoms with E-state index in [9.17, 15) is 36.6 Å². The van der Waals surface area contributed by atoms with Gasteiger partial charge in [-0.05, 0) is 110 Å². The number of hydrogen-bond donors (Lipinski definition) is 4. The van der Waals surface area contributed by atoms with Crippen molar-refractivity contribution in [3.8, 4) is 5.75 Å². The lowest BCUT2D eigenvalue weighted by Crippen LogP contribution is -2.51. The van der Waals surface area contributed by atoms with Crippen LogP contribution in [0.4, 0.5) is 9.59 Å². The molecule has 0 saturated carbocycles. The number of carbonyl (C=O) groups excluding carboxylic acids is 2. The minimum Gasteiger partial charge on any atom is -0.491 e. The summed E-state index contributed by atoms with van der Waals surface area (Å²) in [7, 11) is -4.58. The van der Waals surface area contributed by atoms with E-state index in [0.717, 1.165) is 47.9 Å². The average molecular weight is 1230 g/mol. The number of aliphatic hydroxyl groups excluding tert-OH is 2. The number of nitrogens with zero attached hydrogens (tertiary/aromatic N) is 2. The summed E-state index contributed by atoms with van der Waals surface area (Å²) in [5.41, 5.74) is 3.66. The Labute approximate surface area is 502 Å². The fourth-order valence-electron chi connectivity index (χ4n) is 10.7. The van der Waals surface area contributed by atoms with Gasteiger partial charge in [0.15, 0.2) is 12.6 Å². The highest BCUT2D eigenvalue weighted by molar-refractivity contribution is 7.89. The molecule has 4 aromatic rings. The van der Waals surface area contributed by atoms with Crippen LogP contribution < -0.4 is 15.4 Å². The first-order chi connectivity index (χ1) is 40.7. The molecule has 0 bridgehead atoms. The zero-order valence-corrected chi connectivity index (χ0v) is 51.6. The van der Waals surface area contributed by atoms with E-state index < -0.39 is 68.7 Å². The minimum atomic E-state index is -3.92. The molecular formula is C62H88N4O17S2. The van der Waals surface area contributed by atoms with Crippen LogP contribution in [-0.4, -0.2) is 184 Å². The lowest BCUT2D eigenvalue weighted by Gasteiger charge is -2.31. The summed E-state index contributed by atoms with van der Waals surface area (Å²) in [4.78, 5) is 26.4. The Morgan fingerprint density at radius 3 is 1.48 bits per heavy atom. The first-order valence-electron chi connectivity index (χ1n) is 29.4. The normalized spacial score (nSPS) is 21.7. The minimum absolute atomic E-state index is 0.00149. The van der Waals surface area contributed by atoms with E-state index in [1.165, 1.54) is 8.61 Å². The Balaban J connectivity index is 0.000000244. The Hall–Kier alpha value is -5.28. The van der Waals surface area contributed by atoms with Crippen molar-refractivity contribution in [2.75, 3.05) is 86.6 Å². The Morgan fingerprint density at radius 2 is 1.02 bits per heavy atom. The van der Waals surface area contributed by atoms with Gasteiger partial charge in [0.05, 0.1) is 79.0 Å². The molecule has 10 atom stereocenters. The number of rotatable bonds is 30. The molecule has 0 radical (unpaired) electrons. The molecule has 470 valence electrons. The molecule has 21 nitrogen and oxygen atoms in total. The number of fused-ring (bicyclic) bond motifs is 2. The van der Waals surface area contributed by atoms with E-state index in [0.29, 0.717) is 45.2 Å². The molecule has 4 saturated heterocycles. The number of nitrogens with one attached hydrogen (secondary N) is 2. The number of methoxy groups -OCH3 is 2. The second-order valence-corrected chi connectivity index (χ2v) is 26.8. The van der Waals surface area contributed by atoms with Gasteiger partial charge in [-0.15, -0.1) is 0 Å². The first-order valence-corrected chi connectivity index (χ1v) is 32.3. The lowest BCUT2D eigenvalue weighted by atomic mass is 10.0. The molecular weight excluding hydrogens is 1140 g/mol. The summed E-state index contributed by atoms with van der Waals surface area (Å²) in [6.45, 7) is 12.6. The summed E-state index contributed by atoms with van der Waals surface area (Å²) < 4.78 is 107. The quantitative estimate of drug-likeness (QED) is 0.0407. The maximum Gasteiger partial charge on any atom is 0.407 e. The van der Waals surface area contributed by atoms with E-state index in [2.05, 4.69) is 10.6 Å². The standard InChI is InChI=1S/C31H44N2O9S.C31H44N2O8S/c1-21(2)18-33(43(36,37)25-11-5-22(3)6-12-25)19-28(34)27(17-23-7-9-24(10-8-23)39-16-15-38-4)32-31(35)42-29-20-41-30-26(29)13-14-40-30;1-22(2)19-33(42(36,37)25-13-11-23(12-14-25)10-7-16-38-3)20-28(34)27(18-24-8-5-4-6-9-24)32-31(35)41-29-21-40-30-26(29)15-17-39-30/h5-12,21,26-30,34H,13-20H2,1-4H3,(H,32,35);4-6,8-9,11-14,22,26-30,34H,7,10,15-21H2,1-3H3,(H,32,35)/t2*26-,27-,28?,29-,30+/m00/s1. The summed E-state index contributed by atoms with van der Waals surface area (Å²) in [6, 6.07) is 28.5. The van der Waals surface area contributed by atoms with E-state index in [1.807, 2.05) is 89.2 Å². The average Bonchev–Trinajstić information content (AvgIpc) is 4.54. The first kappa shape index (κ1) is 67.2. The van der Waals surface area contributed by atoms with Gasteiger partial charge in [-0.2, -0.15) is 8.61 Å². The number of alkyl carbamates (subject to hydrolysis) is 2. The number of ether oxygens (including phenoxy) is 9. The number of carbonyl (C=O) groups is 2. The molecule has 2 unspecified atom stereocenters. The third-order valence-corrected chi connectivity index (χ3v) is 18.9. The SMILES string of the molecule is COCCCc1ccc(S(=O)(=O)N(CC(C)C)CC(O)[C@H](Cc2ccccc2)NC(=O)O[C@H]2CO[C@H]3OCC[C@H]32)cc1.COCCOc1ccc(C[C@H](NC(=O)O[C@H]2CO[C@H]3OCC[C@H]32)C(O)CN(CC(C)C)S(=O)(=O)c2ccc(C)cc2)cc1. The molecule has 0 aromatic heterocycles. The monoisotopic (exact) mass is 1220 g/mol. The maximum absolute atomic E-state index is 13.8. The number of benzene rings is 4. The van der Waals surface area contributed by atoms with Crippen molar-refractivity contribution in [2.24, 2.45) is 23.7 Å². The molecule has 4 aliphatic heterocycles. The van der Waals surface area contributed by atoms with Crippen LogP contribution in [0.25, 0.3) is 0 Å². The zero-order valence-electron chi connectivity index (χ0n) is 50.0. The second-order valence-electron chi connectivity index (χ2n) is 22.9. The van der Waals surface area contributed by atoms with Gasteiger partial charge in [0.1, 0.15) is 24.6 Å².